The van der Waals surface area contributed by atoms with Crippen molar-refractivity contribution in [3.8, 4) is 6.07 Å². The lowest BCUT2D eigenvalue weighted by molar-refractivity contribution is -0.150. The van der Waals surface area contributed by atoms with Crippen molar-refractivity contribution in [3.63, 3.8) is 0 Å². The van der Waals surface area contributed by atoms with E-state index in [2.05, 4.69) is 11.4 Å². The van der Waals surface area contributed by atoms with E-state index in [9.17, 15) is 14.9 Å². The predicted octanol–water partition coefficient (Wildman–Crippen LogP) is 4.01. The highest BCUT2D eigenvalue weighted by Gasteiger charge is 2.44. The zero-order valence-corrected chi connectivity index (χ0v) is 16.6. The Morgan fingerprint density at radius 2 is 1.89 bits per heavy atom. The number of allylic oxidation sites excluding steroid dienone is 1. The molecule has 0 spiro atoms. The topological polar surface area (TPSA) is 79.2 Å². The first-order chi connectivity index (χ1) is 13.5. The Balaban J connectivity index is 2.02. The lowest BCUT2D eigenvalue weighted by Gasteiger charge is -2.31. The van der Waals surface area contributed by atoms with E-state index < -0.39 is 23.7 Å². The SMILES string of the molecule is COC(=O)[C@@H]1C(=O)NC(SCc2ccccc2)=C(C#N)[C@H]1c1ccc(Cl)cc1. The van der Waals surface area contributed by atoms with Crippen molar-refractivity contribution < 1.29 is 14.3 Å². The summed E-state index contributed by atoms with van der Waals surface area (Å²) in [6.07, 6.45) is 0. The van der Waals surface area contributed by atoms with Crippen molar-refractivity contribution in [2.45, 2.75) is 11.7 Å². The van der Waals surface area contributed by atoms with Crippen LogP contribution in [-0.4, -0.2) is 19.0 Å². The quantitative estimate of drug-likeness (QED) is 0.592. The number of thioether (sulfide) groups is 1. The second-order valence-electron chi connectivity index (χ2n) is 6.15. The second kappa shape index (κ2) is 8.96. The van der Waals surface area contributed by atoms with Gasteiger partial charge < -0.3 is 10.1 Å². The third-order valence-corrected chi connectivity index (χ3v) is 5.78. The van der Waals surface area contributed by atoms with Crippen LogP contribution in [0.1, 0.15) is 17.0 Å². The van der Waals surface area contributed by atoms with Crippen LogP contribution >= 0.6 is 23.4 Å². The molecule has 5 nitrogen and oxygen atoms in total. The van der Waals surface area contributed by atoms with Gasteiger partial charge in [0.2, 0.25) is 5.91 Å². The molecule has 1 N–H and O–H groups in total. The molecule has 1 amide bonds. The molecule has 1 heterocycles. The number of carbonyl (C=O) groups excluding carboxylic acids is 2. The number of nitrogens with one attached hydrogen (secondary N) is 1. The first-order valence-corrected chi connectivity index (χ1v) is 9.86. The highest BCUT2D eigenvalue weighted by Crippen LogP contribution is 2.41. The second-order valence-corrected chi connectivity index (χ2v) is 7.57. The Labute approximate surface area is 172 Å². The van der Waals surface area contributed by atoms with Crippen LogP contribution in [0.4, 0.5) is 0 Å². The molecular weight excluding hydrogens is 396 g/mol. The summed E-state index contributed by atoms with van der Waals surface area (Å²) in [5.41, 5.74) is 2.05. The van der Waals surface area contributed by atoms with Crippen LogP contribution in [0.2, 0.25) is 5.02 Å². The van der Waals surface area contributed by atoms with Crippen molar-refractivity contribution >= 4 is 35.2 Å². The summed E-state index contributed by atoms with van der Waals surface area (Å²) in [7, 11) is 1.23. The van der Waals surface area contributed by atoms with Gasteiger partial charge in [-0.3, -0.25) is 9.59 Å². The number of rotatable bonds is 5. The van der Waals surface area contributed by atoms with Gasteiger partial charge in [0.15, 0.2) is 0 Å². The van der Waals surface area contributed by atoms with Crippen LogP contribution in [0, 0.1) is 17.2 Å². The summed E-state index contributed by atoms with van der Waals surface area (Å²) in [4.78, 5) is 25.1. The minimum atomic E-state index is -1.14. The molecule has 0 fully saturated rings. The molecule has 7 heteroatoms. The van der Waals surface area contributed by atoms with Gasteiger partial charge in [0.05, 0.1) is 23.8 Å². The molecule has 1 aliphatic heterocycles. The summed E-state index contributed by atoms with van der Waals surface area (Å²) in [6.45, 7) is 0. The molecule has 0 aliphatic carbocycles. The number of nitriles is 1. The van der Waals surface area contributed by atoms with E-state index in [-0.39, 0.29) is 0 Å². The molecule has 0 saturated heterocycles. The normalized spacial score (nSPS) is 19.0. The first-order valence-electron chi connectivity index (χ1n) is 8.50. The molecule has 2 aromatic rings. The molecule has 142 valence electrons. The average Bonchev–Trinajstić information content (AvgIpc) is 2.72. The maximum Gasteiger partial charge on any atom is 0.319 e. The number of nitrogens with zero attached hydrogens (tertiary/aromatic N) is 1. The van der Waals surface area contributed by atoms with Crippen molar-refractivity contribution in [3.05, 3.63) is 81.3 Å². The molecule has 0 unspecified atom stereocenters. The number of esters is 1. The van der Waals surface area contributed by atoms with Crippen LogP contribution in [0.15, 0.2) is 65.2 Å². The van der Waals surface area contributed by atoms with E-state index in [1.165, 1.54) is 18.9 Å². The molecular formula is C21H17ClN2O3S. The zero-order chi connectivity index (χ0) is 20.1. The minimum Gasteiger partial charge on any atom is -0.468 e. The Hall–Kier alpha value is -2.75. The molecule has 0 bridgehead atoms. The average molecular weight is 413 g/mol. The first kappa shape index (κ1) is 20.0. The van der Waals surface area contributed by atoms with E-state index in [4.69, 9.17) is 16.3 Å². The largest absolute Gasteiger partial charge is 0.468 e. The van der Waals surface area contributed by atoms with Crippen LogP contribution in [0.25, 0.3) is 0 Å². The van der Waals surface area contributed by atoms with Gasteiger partial charge in [0, 0.05) is 16.7 Å². The number of hydrogen-bond donors (Lipinski definition) is 1. The molecule has 0 saturated carbocycles. The number of ether oxygens (including phenoxy) is 1. The zero-order valence-electron chi connectivity index (χ0n) is 15.0. The van der Waals surface area contributed by atoms with Crippen molar-refractivity contribution in [2.75, 3.05) is 7.11 Å². The fourth-order valence-corrected chi connectivity index (χ4v) is 4.21. The molecule has 2 aromatic carbocycles. The number of hydrogen-bond acceptors (Lipinski definition) is 5. The highest BCUT2D eigenvalue weighted by molar-refractivity contribution is 8.02. The molecule has 2 atom stereocenters. The standard InChI is InChI=1S/C21H17ClN2O3S/c1-27-21(26)18-17(14-7-9-15(22)10-8-14)16(11-23)20(24-19(18)25)28-12-13-5-3-2-4-6-13/h2-10,17-18H,12H2,1H3,(H,24,25)/t17-,18+/m1/s1. The number of halogens is 1. The third kappa shape index (κ3) is 4.22. The van der Waals surface area contributed by atoms with Crippen LogP contribution < -0.4 is 5.32 Å². The van der Waals surface area contributed by atoms with Crippen LogP contribution in [-0.2, 0) is 20.1 Å². The fourth-order valence-electron chi connectivity index (χ4n) is 3.08. The van der Waals surface area contributed by atoms with E-state index in [1.807, 2.05) is 30.3 Å². The Morgan fingerprint density at radius 1 is 1.21 bits per heavy atom. The Kier molecular flexibility index (Phi) is 6.40. The highest BCUT2D eigenvalue weighted by atomic mass is 35.5. The van der Waals surface area contributed by atoms with E-state index in [0.717, 1.165) is 5.56 Å². The van der Waals surface area contributed by atoms with Gasteiger partial charge in [-0.05, 0) is 23.3 Å². The number of carbonyl (C=O) groups is 2. The molecule has 0 aromatic heterocycles. The molecule has 3 rings (SSSR count). The third-order valence-electron chi connectivity index (χ3n) is 4.44. The number of methoxy groups -OCH3 is 1. The number of amides is 1. The maximum atomic E-state index is 12.7. The predicted molar refractivity (Wildman–Crippen MR) is 108 cm³/mol. The van der Waals surface area contributed by atoms with Crippen molar-refractivity contribution in [2.24, 2.45) is 5.92 Å². The van der Waals surface area contributed by atoms with Gasteiger partial charge in [-0.15, -0.1) is 11.8 Å². The molecule has 28 heavy (non-hydrogen) atoms. The molecule has 0 radical (unpaired) electrons. The fraction of sp³-hybridized carbons (Fsp3) is 0.190. The lowest BCUT2D eigenvalue weighted by Crippen LogP contribution is -2.44. The van der Waals surface area contributed by atoms with Gasteiger partial charge in [-0.25, -0.2) is 0 Å². The summed E-state index contributed by atoms with van der Waals surface area (Å²) in [6, 6.07) is 18.7. The van der Waals surface area contributed by atoms with E-state index >= 15 is 0 Å². The van der Waals surface area contributed by atoms with Gasteiger partial charge in [-0.1, -0.05) is 54.1 Å². The van der Waals surface area contributed by atoms with Gasteiger partial charge in [-0.2, -0.15) is 5.26 Å². The van der Waals surface area contributed by atoms with Crippen molar-refractivity contribution in [1.82, 2.24) is 5.32 Å². The lowest BCUT2D eigenvalue weighted by atomic mass is 9.78. The van der Waals surface area contributed by atoms with Crippen molar-refractivity contribution in [1.29, 1.82) is 5.26 Å². The Morgan fingerprint density at radius 3 is 2.50 bits per heavy atom. The smallest absolute Gasteiger partial charge is 0.319 e. The van der Waals surface area contributed by atoms with Gasteiger partial charge in [0.25, 0.3) is 0 Å². The van der Waals surface area contributed by atoms with Crippen LogP contribution in [0.3, 0.4) is 0 Å². The Bertz CT molecular complexity index is 952. The summed E-state index contributed by atoms with van der Waals surface area (Å²) < 4.78 is 4.83. The van der Waals surface area contributed by atoms with Gasteiger partial charge in [0.1, 0.15) is 5.92 Å². The maximum absolute atomic E-state index is 12.7. The van der Waals surface area contributed by atoms with Gasteiger partial charge >= 0.3 is 5.97 Å². The molecule has 1 aliphatic rings. The summed E-state index contributed by atoms with van der Waals surface area (Å²) in [5.74, 6) is -2.46. The summed E-state index contributed by atoms with van der Waals surface area (Å²) in [5, 5.41) is 13.6. The minimum absolute atomic E-state index is 0.332. The monoisotopic (exact) mass is 412 g/mol. The van der Waals surface area contributed by atoms with E-state index in [1.54, 1.807) is 24.3 Å². The van der Waals surface area contributed by atoms with E-state index in [0.29, 0.717) is 26.9 Å². The summed E-state index contributed by atoms with van der Waals surface area (Å²) >= 11 is 7.33. The number of benzene rings is 2. The van der Waals surface area contributed by atoms with Crippen LogP contribution in [0.5, 0.6) is 0 Å².